The first-order valence-electron chi connectivity index (χ1n) is 7.12. The van der Waals surface area contributed by atoms with Gasteiger partial charge in [-0.15, -0.1) is 11.5 Å². The summed E-state index contributed by atoms with van der Waals surface area (Å²) in [5.41, 5.74) is 0.550. The summed E-state index contributed by atoms with van der Waals surface area (Å²) >= 11 is 3.39. The fourth-order valence-electron chi connectivity index (χ4n) is 2.49. The predicted octanol–water partition coefficient (Wildman–Crippen LogP) is 3.38. The third kappa shape index (κ3) is 3.26. The second kappa shape index (κ2) is 6.76. The molecule has 0 radical (unpaired) electrons. The zero-order chi connectivity index (χ0) is 16.8. The SMILES string of the molecule is C[Si](C)(C)c1[c-]n(S(=O)(=O)c2ccccc2)c2c(Br)nccc12.[Cu+]. The van der Waals surface area contributed by atoms with Gasteiger partial charge in [-0.2, -0.15) is 5.19 Å². The van der Waals surface area contributed by atoms with Crippen LogP contribution in [0.3, 0.4) is 0 Å². The molecule has 3 aromatic rings. The molecular weight excluding hydrogens is 456 g/mol. The van der Waals surface area contributed by atoms with Crippen LogP contribution in [0.2, 0.25) is 19.6 Å². The summed E-state index contributed by atoms with van der Waals surface area (Å²) in [5, 5.41) is 1.88. The van der Waals surface area contributed by atoms with Gasteiger partial charge in [0.1, 0.15) is 0 Å². The van der Waals surface area contributed by atoms with Gasteiger partial charge < -0.3 is 3.97 Å². The molecule has 2 aromatic heterocycles. The van der Waals surface area contributed by atoms with Crippen LogP contribution in [0.4, 0.5) is 0 Å². The largest absolute Gasteiger partial charge is 1.00 e. The molecule has 0 spiro atoms. The van der Waals surface area contributed by atoms with E-state index in [1.54, 1.807) is 36.5 Å². The third-order valence-electron chi connectivity index (χ3n) is 3.60. The number of halogens is 1. The third-order valence-corrected chi connectivity index (χ3v) is 7.68. The van der Waals surface area contributed by atoms with Crippen LogP contribution < -0.4 is 5.19 Å². The van der Waals surface area contributed by atoms with Gasteiger partial charge in [-0.25, -0.2) is 8.42 Å². The Kier molecular flexibility index (Phi) is 5.47. The summed E-state index contributed by atoms with van der Waals surface area (Å²) in [6.07, 6.45) is 4.81. The van der Waals surface area contributed by atoms with Gasteiger partial charge in [-0.05, 0) is 28.1 Å². The number of hydrogen-bond acceptors (Lipinski definition) is 3. The van der Waals surface area contributed by atoms with E-state index >= 15 is 0 Å². The molecule has 0 bridgehead atoms. The Hall–Kier alpha value is -0.924. The van der Waals surface area contributed by atoms with Crippen LogP contribution in [0.1, 0.15) is 0 Å². The number of benzene rings is 1. The van der Waals surface area contributed by atoms with E-state index in [9.17, 15) is 8.42 Å². The predicted molar refractivity (Wildman–Crippen MR) is 98.3 cm³/mol. The maximum Gasteiger partial charge on any atom is 1.00 e. The van der Waals surface area contributed by atoms with Crippen molar-refractivity contribution in [2.75, 3.05) is 0 Å². The number of fused-ring (bicyclic) bond motifs is 1. The van der Waals surface area contributed by atoms with Crippen LogP contribution in [0.5, 0.6) is 0 Å². The molecule has 0 N–H and O–H groups in total. The molecule has 0 atom stereocenters. The van der Waals surface area contributed by atoms with Gasteiger partial charge in [0, 0.05) is 6.20 Å². The van der Waals surface area contributed by atoms with E-state index in [-0.39, 0.29) is 22.0 Å². The van der Waals surface area contributed by atoms with Crippen molar-refractivity contribution in [1.82, 2.24) is 8.96 Å². The minimum atomic E-state index is -3.71. The van der Waals surface area contributed by atoms with Crippen molar-refractivity contribution in [3.8, 4) is 0 Å². The second-order valence-corrected chi connectivity index (χ2v) is 13.9. The van der Waals surface area contributed by atoms with Crippen LogP contribution >= 0.6 is 15.9 Å². The molecule has 0 saturated carbocycles. The van der Waals surface area contributed by atoms with Gasteiger partial charge >= 0.3 is 17.1 Å². The number of nitrogens with zero attached hydrogens (tertiary/aromatic N) is 2. The van der Waals surface area contributed by atoms with E-state index in [1.807, 2.05) is 6.07 Å². The molecule has 0 unspecified atom stereocenters. The zero-order valence-electron chi connectivity index (χ0n) is 13.3. The van der Waals surface area contributed by atoms with Gasteiger partial charge in [0.25, 0.3) is 0 Å². The van der Waals surface area contributed by atoms with Crippen molar-refractivity contribution < 1.29 is 25.5 Å². The molecule has 3 rings (SSSR count). The topological polar surface area (TPSA) is 52.0 Å². The fourth-order valence-corrected chi connectivity index (χ4v) is 6.00. The fraction of sp³-hybridized carbons (Fsp3) is 0.188. The van der Waals surface area contributed by atoms with Crippen molar-refractivity contribution in [2.24, 2.45) is 0 Å². The molecule has 0 fully saturated rings. The van der Waals surface area contributed by atoms with Gasteiger partial charge in [0.05, 0.1) is 17.6 Å². The van der Waals surface area contributed by atoms with Gasteiger partial charge in [-0.3, -0.25) is 4.98 Å². The second-order valence-electron chi connectivity index (χ2n) is 6.32. The molecule has 24 heavy (non-hydrogen) atoms. The van der Waals surface area contributed by atoms with Crippen LogP contribution in [0.15, 0.2) is 52.1 Å². The summed E-state index contributed by atoms with van der Waals surface area (Å²) in [6, 6.07) is 10.3. The number of aromatic nitrogens is 2. The van der Waals surface area contributed by atoms with Crippen LogP contribution in [0, 0.1) is 6.20 Å². The minimum absolute atomic E-state index is 0. The summed E-state index contributed by atoms with van der Waals surface area (Å²) in [5.74, 6) is 0. The Morgan fingerprint density at radius 3 is 2.33 bits per heavy atom. The first kappa shape index (κ1) is 19.4. The average Bonchev–Trinajstić information content (AvgIpc) is 2.90. The Labute approximate surface area is 162 Å². The smallest absolute Gasteiger partial charge is 0.358 e. The van der Waals surface area contributed by atoms with Crippen LogP contribution in [-0.4, -0.2) is 25.4 Å². The number of pyridine rings is 1. The van der Waals surface area contributed by atoms with Crippen molar-refractivity contribution >= 4 is 50.1 Å². The van der Waals surface area contributed by atoms with Gasteiger partial charge in [-0.1, -0.05) is 49.6 Å². The van der Waals surface area contributed by atoms with Gasteiger partial charge in [0.15, 0.2) is 0 Å². The van der Waals surface area contributed by atoms with Crippen LogP contribution in [-0.2, 0) is 27.1 Å². The monoisotopic (exact) mass is 470 g/mol. The molecule has 0 aliphatic carbocycles. The zero-order valence-corrected chi connectivity index (χ0v) is 17.7. The van der Waals surface area contributed by atoms with Gasteiger partial charge in [0.2, 0.25) is 10.0 Å². The maximum absolute atomic E-state index is 13.0. The molecular formula is C16H16BrCuN2O2SSi. The normalized spacial score (nSPS) is 12.2. The Morgan fingerprint density at radius 1 is 1.12 bits per heavy atom. The molecule has 0 aliphatic rings. The average molecular weight is 472 g/mol. The molecule has 8 heteroatoms. The van der Waals surface area contributed by atoms with E-state index in [4.69, 9.17) is 0 Å². The van der Waals surface area contributed by atoms with E-state index in [1.165, 1.54) is 3.97 Å². The van der Waals surface area contributed by atoms with E-state index < -0.39 is 18.1 Å². The van der Waals surface area contributed by atoms with E-state index in [0.29, 0.717) is 10.1 Å². The van der Waals surface area contributed by atoms with E-state index in [2.05, 4.69) is 46.8 Å². The summed E-state index contributed by atoms with van der Waals surface area (Å²) < 4.78 is 27.8. The van der Waals surface area contributed by atoms with Crippen LogP contribution in [0.25, 0.3) is 10.9 Å². The Bertz CT molecular complexity index is 982. The number of rotatable bonds is 3. The van der Waals surface area contributed by atoms with Crippen molar-refractivity contribution in [3.05, 3.63) is 53.4 Å². The van der Waals surface area contributed by atoms with E-state index in [0.717, 1.165) is 10.6 Å². The summed E-state index contributed by atoms with van der Waals surface area (Å²) in [4.78, 5) is 4.44. The molecule has 0 saturated heterocycles. The molecule has 0 aliphatic heterocycles. The number of hydrogen-bond donors (Lipinski definition) is 0. The van der Waals surface area contributed by atoms with Crippen molar-refractivity contribution in [1.29, 1.82) is 0 Å². The molecule has 130 valence electrons. The first-order valence-corrected chi connectivity index (χ1v) is 12.9. The summed E-state index contributed by atoms with van der Waals surface area (Å²) in [6.45, 7) is 6.52. The molecule has 4 nitrogen and oxygen atoms in total. The quantitative estimate of drug-likeness (QED) is 0.334. The Balaban J connectivity index is 0.00000208. The first-order chi connectivity index (χ1) is 10.7. The molecule has 1 aromatic carbocycles. The molecule has 2 heterocycles. The standard InChI is InChI=1S/C16H16BrN2O2SSi.Cu/c1-23(2,3)14-11-19(15-13(14)9-10-18-16(15)17)22(20,21)12-7-5-4-6-8-12;/h4-10H,1-3H3;/q-1;+1. The Morgan fingerprint density at radius 2 is 1.75 bits per heavy atom. The maximum atomic E-state index is 13.0. The van der Waals surface area contributed by atoms with Crippen molar-refractivity contribution in [2.45, 2.75) is 24.5 Å². The van der Waals surface area contributed by atoms with Crippen molar-refractivity contribution in [3.63, 3.8) is 0 Å². The summed E-state index contributed by atoms with van der Waals surface area (Å²) in [7, 11) is -5.48. The minimum Gasteiger partial charge on any atom is -0.358 e. The molecule has 0 amide bonds.